The number of pyridine rings is 1. The summed E-state index contributed by atoms with van der Waals surface area (Å²) in [6.07, 6.45) is 4.38. The largest absolute Gasteiger partial charge is 0.481 e. The van der Waals surface area contributed by atoms with Crippen molar-refractivity contribution >= 4 is 0 Å². The molecule has 122 valence electrons. The molecule has 0 spiro atoms. The molecule has 0 saturated carbocycles. The lowest BCUT2D eigenvalue weighted by atomic mass is 10.1. The van der Waals surface area contributed by atoms with Gasteiger partial charge in [-0.05, 0) is 33.0 Å². The van der Waals surface area contributed by atoms with E-state index in [2.05, 4.69) is 39.8 Å². The van der Waals surface area contributed by atoms with Gasteiger partial charge in [-0.2, -0.15) is 0 Å². The van der Waals surface area contributed by atoms with Gasteiger partial charge >= 0.3 is 0 Å². The number of aromatic nitrogens is 1. The number of hydrogen-bond donors (Lipinski definition) is 0. The number of methoxy groups -OCH3 is 1. The summed E-state index contributed by atoms with van der Waals surface area (Å²) in [6, 6.07) is 5.58. The van der Waals surface area contributed by atoms with E-state index in [0.29, 0.717) is 6.04 Å². The van der Waals surface area contributed by atoms with E-state index in [4.69, 9.17) is 4.74 Å². The van der Waals surface area contributed by atoms with Gasteiger partial charge in [0.15, 0.2) is 0 Å². The molecular formula is C17H28N4O. The van der Waals surface area contributed by atoms with Crippen LogP contribution >= 0.6 is 0 Å². The molecule has 3 rings (SSSR count). The van der Waals surface area contributed by atoms with Gasteiger partial charge in [0, 0.05) is 56.6 Å². The number of likely N-dealkylation sites (tertiary alicyclic amines) is 2. The maximum Gasteiger partial charge on any atom is 0.217 e. The molecule has 2 aliphatic rings. The Morgan fingerprint density at radius 2 is 1.95 bits per heavy atom. The number of ether oxygens (including phenoxy) is 1. The van der Waals surface area contributed by atoms with Gasteiger partial charge in [0.2, 0.25) is 5.88 Å². The Morgan fingerprint density at radius 3 is 2.68 bits per heavy atom. The summed E-state index contributed by atoms with van der Waals surface area (Å²) < 4.78 is 5.40. The maximum absolute atomic E-state index is 5.40. The Kier molecular flexibility index (Phi) is 4.96. The highest BCUT2D eigenvalue weighted by Crippen LogP contribution is 2.33. The van der Waals surface area contributed by atoms with E-state index in [1.807, 2.05) is 6.07 Å². The van der Waals surface area contributed by atoms with Gasteiger partial charge in [-0.3, -0.25) is 9.80 Å². The molecule has 1 aromatic heterocycles. The van der Waals surface area contributed by atoms with Gasteiger partial charge in [-0.25, -0.2) is 4.98 Å². The zero-order chi connectivity index (χ0) is 15.5. The average molecular weight is 304 g/mol. The Labute approximate surface area is 133 Å². The predicted molar refractivity (Wildman–Crippen MR) is 88.1 cm³/mol. The van der Waals surface area contributed by atoms with Crippen LogP contribution in [-0.2, 0) is 6.54 Å². The van der Waals surface area contributed by atoms with Crippen LogP contribution < -0.4 is 4.74 Å². The molecule has 3 heterocycles. The first-order valence-corrected chi connectivity index (χ1v) is 8.29. The van der Waals surface area contributed by atoms with Gasteiger partial charge < -0.3 is 9.64 Å². The molecule has 5 nitrogen and oxygen atoms in total. The van der Waals surface area contributed by atoms with Crippen molar-refractivity contribution in [2.24, 2.45) is 0 Å². The minimum Gasteiger partial charge on any atom is -0.481 e. The van der Waals surface area contributed by atoms with Crippen LogP contribution in [0.4, 0.5) is 0 Å². The third kappa shape index (κ3) is 3.26. The Morgan fingerprint density at radius 1 is 1.23 bits per heavy atom. The summed E-state index contributed by atoms with van der Waals surface area (Å²) in [5, 5.41) is 0. The normalized spacial score (nSPS) is 25.8. The lowest BCUT2D eigenvalue weighted by molar-refractivity contribution is 0.203. The van der Waals surface area contributed by atoms with E-state index >= 15 is 0 Å². The highest BCUT2D eigenvalue weighted by Gasteiger charge is 2.42. The molecule has 0 amide bonds. The van der Waals surface area contributed by atoms with Crippen molar-refractivity contribution in [1.82, 2.24) is 19.7 Å². The molecule has 2 aliphatic heterocycles. The van der Waals surface area contributed by atoms with Crippen molar-refractivity contribution in [3.63, 3.8) is 0 Å². The molecule has 2 atom stereocenters. The van der Waals surface area contributed by atoms with Gasteiger partial charge in [0.1, 0.15) is 0 Å². The van der Waals surface area contributed by atoms with Crippen molar-refractivity contribution in [1.29, 1.82) is 0 Å². The summed E-state index contributed by atoms with van der Waals surface area (Å²) >= 11 is 0. The van der Waals surface area contributed by atoms with Crippen LogP contribution in [0.3, 0.4) is 0 Å². The number of fused-ring (bicyclic) bond motifs is 1. The van der Waals surface area contributed by atoms with Crippen LogP contribution in [0.25, 0.3) is 0 Å². The molecule has 22 heavy (non-hydrogen) atoms. The lowest BCUT2D eigenvalue weighted by Gasteiger charge is -2.26. The first-order valence-electron chi connectivity index (χ1n) is 8.29. The molecule has 0 aliphatic carbocycles. The first kappa shape index (κ1) is 15.7. The van der Waals surface area contributed by atoms with Crippen molar-refractivity contribution in [3.05, 3.63) is 23.9 Å². The van der Waals surface area contributed by atoms with E-state index < -0.39 is 0 Å². The van der Waals surface area contributed by atoms with Crippen molar-refractivity contribution in [2.45, 2.75) is 31.5 Å². The minimum atomic E-state index is 0.701. The SMILES string of the molecule is COc1ncccc1CN1CCC2[C@H]1CCN2CCN(C)C. The lowest BCUT2D eigenvalue weighted by Crippen LogP contribution is -2.39. The van der Waals surface area contributed by atoms with Gasteiger partial charge in [0.05, 0.1) is 7.11 Å². The molecule has 2 saturated heterocycles. The quantitative estimate of drug-likeness (QED) is 0.791. The Hall–Kier alpha value is -1.17. The van der Waals surface area contributed by atoms with Crippen molar-refractivity contribution in [3.8, 4) is 5.88 Å². The summed E-state index contributed by atoms with van der Waals surface area (Å²) in [6.45, 7) is 5.73. The molecule has 0 bridgehead atoms. The standard InChI is InChI=1S/C17H28N4O/c1-19(2)11-12-20-9-6-16-15(20)7-10-21(16)13-14-5-4-8-18-17(14)22-3/h4-5,8,15-16H,6-7,9-13H2,1-3H3/t15?,16-/m1/s1. The minimum absolute atomic E-state index is 0.701. The highest BCUT2D eigenvalue weighted by molar-refractivity contribution is 5.25. The maximum atomic E-state index is 5.40. The van der Waals surface area contributed by atoms with E-state index in [-0.39, 0.29) is 0 Å². The summed E-state index contributed by atoms with van der Waals surface area (Å²) in [5.74, 6) is 0.772. The fraction of sp³-hybridized carbons (Fsp3) is 0.706. The average Bonchev–Trinajstić information content (AvgIpc) is 3.09. The van der Waals surface area contributed by atoms with Crippen molar-refractivity contribution in [2.75, 3.05) is 47.4 Å². The van der Waals surface area contributed by atoms with Crippen LogP contribution in [0, 0.1) is 0 Å². The summed E-state index contributed by atoms with van der Waals surface area (Å²) in [7, 11) is 6.02. The van der Waals surface area contributed by atoms with Crippen LogP contribution in [0.2, 0.25) is 0 Å². The topological polar surface area (TPSA) is 31.8 Å². The van der Waals surface area contributed by atoms with E-state index in [0.717, 1.165) is 25.0 Å². The fourth-order valence-electron chi connectivity index (χ4n) is 3.91. The summed E-state index contributed by atoms with van der Waals surface area (Å²) in [5.41, 5.74) is 1.21. The number of nitrogens with zero attached hydrogens (tertiary/aromatic N) is 4. The third-order valence-corrected chi connectivity index (χ3v) is 5.06. The van der Waals surface area contributed by atoms with Gasteiger partial charge in [-0.1, -0.05) is 6.07 Å². The number of likely N-dealkylation sites (N-methyl/N-ethyl adjacent to an activating group) is 1. The smallest absolute Gasteiger partial charge is 0.217 e. The molecule has 0 aromatic carbocycles. The summed E-state index contributed by atoms with van der Waals surface area (Å²) in [4.78, 5) is 11.9. The Balaban J connectivity index is 1.61. The third-order valence-electron chi connectivity index (χ3n) is 5.06. The highest BCUT2D eigenvalue weighted by atomic mass is 16.5. The van der Waals surface area contributed by atoms with Crippen LogP contribution in [0.5, 0.6) is 5.88 Å². The predicted octanol–water partition coefficient (Wildman–Crippen LogP) is 1.30. The molecule has 2 fully saturated rings. The second-order valence-electron chi connectivity index (χ2n) is 6.69. The molecule has 1 aromatic rings. The zero-order valence-corrected chi connectivity index (χ0v) is 14.0. The van der Waals surface area contributed by atoms with Crippen LogP contribution in [0.15, 0.2) is 18.3 Å². The first-order chi connectivity index (χ1) is 10.7. The van der Waals surface area contributed by atoms with Gasteiger partial charge in [-0.15, -0.1) is 0 Å². The monoisotopic (exact) mass is 304 g/mol. The fourth-order valence-corrected chi connectivity index (χ4v) is 3.91. The van der Waals surface area contributed by atoms with Crippen molar-refractivity contribution < 1.29 is 4.74 Å². The van der Waals surface area contributed by atoms with Crippen LogP contribution in [-0.4, -0.2) is 79.2 Å². The van der Waals surface area contributed by atoms with Crippen LogP contribution in [0.1, 0.15) is 18.4 Å². The Bertz CT molecular complexity index is 493. The molecule has 0 radical (unpaired) electrons. The second kappa shape index (κ2) is 6.94. The molecule has 5 heteroatoms. The second-order valence-corrected chi connectivity index (χ2v) is 6.69. The molecule has 1 unspecified atom stereocenters. The van der Waals surface area contributed by atoms with E-state index in [1.54, 1.807) is 13.3 Å². The molecular weight excluding hydrogens is 276 g/mol. The van der Waals surface area contributed by atoms with E-state index in [1.165, 1.54) is 38.0 Å². The molecule has 0 N–H and O–H groups in total. The van der Waals surface area contributed by atoms with E-state index in [9.17, 15) is 0 Å². The van der Waals surface area contributed by atoms with Gasteiger partial charge in [0.25, 0.3) is 0 Å². The number of rotatable bonds is 6. The zero-order valence-electron chi connectivity index (χ0n) is 14.0. The number of hydrogen-bond acceptors (Lipinski definition) is 5.